The Hall–Kier alpha value is -2.36. The molecule has 0 radical (unpaired) electrons. The molecule has 0 bridgehead atoms. The van der Waals surface area contributed by atoms with E-state index in [1.807, 2.05) is 13.0 Å². The van der Waals surface area contributed by atoms with Gasteiger partial charge in [-0.3, -0.25) is 4.79 Å². The van der Waals surface area contributed by atoms with E-state index in [-0.39, 0.29) is 11.7 Å². The third-order valence-electron chi connectivity index (χ3n) is 2.79. The molecule has 2 aromatic rings. The molecule has 0 unspecified atom stereocenters. The van der Waals surface area contributed by atoms with Crippen molar-refractivity contribution in [1.29, 1.82) is 0 Å². The lowest BCUT2D eigenvalue weighted by Gasteiger charge is -2.10. The lowest BCUT2D eigenvalue weighted by molar-refractivity contribution is 0.102. The second-order valence-corrected chi connectivity index (χ2v) is 4.14. The Morgan fingerprint density at radius 1 is 1.16 bits per heavy atom. The number of methoxy groups -OCH3 is 1. The predicted octanol–water partition coefficient (Wildman–Crippen LogP) is 3.40. The van der Waals surface area contributed by atoms with Gasteiger partial charge in [0.15, 0.2) is 0 Å². The molecule has 0 saturated carbocycles. The molecule has 2 aromatic carbocycles. The second-order valence-electron chi connectivity index (χ2n) is 4.14. The number of anilines is 1. The van der Waals surface area contributed by atoms with Gasteiger partial charge in [-0.1, -0.05) is 0 Å². The standard InChI is InChI=1S/C15H14FNO2/c1-10-9-13(19-2)7-8-14(10)17-15(18)11-3-5-12(16)6-4-11/h3-9H,1-2H3,(H,17,18). The normalized spacial score (nSPS) is 10.1. The molecular weight excluding hydrogens is 245 g/mol. The Balaban J connectivity index is 2.17. The van der Waals surface area contributed by atoms with Crippen molar-refractivity contribution in [2.24, 2.45) is 0 Å². The smallest absolute Gasteiger partial charge is 0.255 e. The quantitative estimate of drug-likeness (QED) is 0.917. The van der Waals surface area contributed by atoms with Crippen molar-refractivity contribution in [1.82, 2.24) is 0 Å². The molecule has 0 fully saturated rings. The average molecular weight is 259 g/mol. The summed E-state index contributed by atoms with van der Waals surface area (Å²) >= 11 is 0. The van der Waals surface area contributed by atoms with E-state index in [0.29, 0.717) is 11.3 Å². The van der Waals surface area contributed by atoms with Crippen LogP contribution in [0.15, 0.2) is 42.5 Å². The minimum atomic E-state index is -0.364. The molecule has 1 N–H and O–H groups in total. The van der Waals surface area contributed by atoms with Crippen molar-refractivity contribution < 1.29 is 13.9 Å². The summed E-state index contributed by atoms with van der Waals surface area (Å²) < 4.78 is 17.9. The van der Waals surface area contributed by atoms with Crippen LogP contribution in [-0.2, 0) is 0 Å². The van der Waals surface area contributed by atoms with Crippen molar-refractivity contribution in [3.05, 3.63) is 59.4 Å². The highest BCUT2D eigenvalue weighted by molar-refractivity contribution is 6.04. The molecular formula is C15H14FNO2. The van der Waals surface area contributed by atoms with Gasteiger partial charge in [0.25, 0.3) is 5.91 Å². The SMILES string of the molecule is COc1ccc(NC(=O)c2ccc(F)cc2)c(C)c1. The lowest BCUT2D eigenvalue weighted by Crippen LogP contribution is -2.12. The zero-order valence-corrected chi connectivity index (χ0v) is 10.7. The number of carbonyl (C=O) groups is 1. The van der Waals surface area contributed by atoms with Crippen LogP contribution in [0.4, 0.5) is 10.1 Å². The number of ether oxygens (including phenoxy) is 1. The summed E-state index contributed by atoms with van der Waals surface area (Å²) in [7, 11) is 1.59. The van der Waals surface area contributed by atoms with E-state index >= 15 is 0 Å². The van der Waals surface area contributed by atoms with Crippen LogP contribution in [0.1, 0.15) is 15.9 Å². The first-order chi connectivity index (χ1) is 9.10. The van der Waals surface area contributed by atoms with Crippen LogP contribution >= 0.6 is 0 Å². The van der Waals surface area contributed by atoms with Crippen molar-refractivity contribution in [3.63, 3.8) is 0 Å². The van der Waals surface area contributed by atoms with E-state index in [1.54, 1.807) is 19.2 Å². The van der Waals surface area contributed by atoms with Crippen LogP contribution in [0.3, 0.4) is 0 Å². The highest BCUT2D eigenvalue weighted by Crippen LogP contribution is 2.21. The predicted molar refractivity (Wildman–Crippen MR) is 72.1 cm³/mol. The monoisotopic (exact) mass is 259 g/mol. The van der Waals surface area contributed by atoms with Crippen molar-refractivity contribution in [3.8, 4) is 5.75 Å². The number of nitrogens with one attached hydrogen (secondary N) is 1. The van der Waals surface area contributed by atoms with Gasteiger partial charge < -0.3 is 10.1 Å². The minimum Gasteiger partial charge on any atom is -0.497 e. The van der Waals surface area contributed by atoms with E-state index in [4.69, 9.17) is 4.74 Å². The zero-order chi connectivity index (χ0) is 13.8. The molecule has 1 amide bonds. The summed E-state index contributed by atoms with van der Waals surface area (Å²) in [6, 6.07) is 10.8. The number of benzene rings is 2. The first kappa shape index (κ1) is 13.1. The summed E-state index contributed by atoms with van der Waals surface area (Å²) in [4.78, 5) is 12.0. The van der Waals surface area contributed by atoms with Gasteiger partial charge in [0.05, 0.1) is 7.11 Å². The Morgan fingerprint density at radius 2 is 1.84 bits per heavy atom. The van der Waals surface area contributed by atoms with Crippen LogP contribution in [0.2, 0.25) is 0 Å². The summed E-state index contributed by atoms with van der Waals surface area (Å²) in [5, 5.41) is 2.78. The van der Waals surface area contributed by atoms with Gasteiger partial charge in [0, 0.05) is 11.3 Å². The number of rotatable bonds is 3. The largest absolute Gasteiger partial charge is 0.497 e. The van der Waals surface area contributed by atoms with Crippen LogP contribution in [0, 0.1) is 12.7 Å². The molecule has 98 valence electrons. The van der Waals surface area contributed by atoms with Crippen molar-refractivity contribution in [2.75, 3.05) is 12.4 Å². The van der Waals surface area contributed by atoms with Crippen LogP contribution in [0.25, 0.3) is 0 Å². The summed E-state index contributed by atoms with van der Waals surface area (Å²) in [5.74, 6) is 0.0997. The number of halogens is 1. The highest BCUT2D eigenvalue weighted by atomic mass is 19.1. The van der Waals surface area contributed by atoms with Gasteiger partial charge >= 0.3 is 0 Å². The van der Waals surface area contributed by atoms with Crippen LogP contribution in [0.5, 0.6) is 5.75 Å². The molecule has 0 atom stereocenters. The molecule has 0 heterocycles. The van der Waals surface area contributed by atoms with Gasteiger partial charge in [-0.25, -0.2) is 4.39 Å². The fourth-order valence-electron chi connectivity index (χ4n) is 1.70. The van der Waals surface area contributed by atoms with Crippen molar-refractivity contribution in [2.45, 2.75) is 6.92 Å². The van der Waals surface area contributed by atoms with E-state index in [1.165, 1.54) is 24.3 Å². The maximum atomic E-state index is 12.8. The van der Waals surface area contributed by atoms with E-state index in [9.17, 15) is 9.18 Å². The van der Waals surface area contributed by atoms with Gasteiger partial charge in [0.2, 0.25) is 0 Å². The summed E-state index contributed by atoms with van der Waals surface area (Å²) in [5.41, 5.74) is 2.02. The molecule has 2 rings (SSSR count). The molecule has 0 aliphatic rings. The average Bonchev–Trinajstić information content (AvgIpc) is 2.41. The van der Waals surface area contributed by atoms with Crippen LogP contribution in [-0.4, -0.2) is 13.0 Å². The Kier molecular flexibility index (Phi) is 3.80. The van der Waals surface area contributed by atoms with E-state index in [2.05, 4.69) is 5.32 Å². The molecule has 0 aliphatic carbocycles. The third kappa shape index (κ3) is 3.10. The van der Waals surface area contributed by atoms with E-state index in [0.717, 1.165) is 11.3 Å². The topological polar surface area (TPSA) is 38.3 Å². The van der Waals surface area contributed by atoms with Crippen LogP contribution < -0.4 is 10.1 Å². The molecule has 4 heteroatoms. The number of amides is 1. The van der Waals surface area contributed by atoms with Gasteiger partial charge in [-0.2, -0.15) is 0 Å². The fraction of sp³-hybridized carbons (Fsp3) is 0.133. The maximum Gasteiger partial charge on any atom is 0.255 e. The first-order valence-corrected chi connectivity index (χ1v) is 5.81. The molecule has 0 aromatic heterocycles. The van der Waals surface area contributed by atoms with Gasteiger partial charge in [0.1, 0.15) is 11.6 Å². The molecule has 3 nitrogen and oxygen atoms in total. The molecule has 19 heavy (non-hydrogen) atoms. The number of hydrogen-bond acceptors (Lipinski definition) is 2. The van der Waals surface area contributed by atoms with Crippen molar-refractivity contribution >= 4 is 11.6 Å². The Bertz CT molecular complexity index is 594. The number of carbonyl (C=O) groups excluding carboxylic acids is 1. The Morgan fingerprint density at radius 3 is 2.42 bits per heavy atom. The van der Waals surface area contributed by atoms with Gasteiger partial charge in [-0.05, 0) is 55.0 Å². The number of hydrogen-bond donors (Lipinski definition) is 1. The molecule has 0 saturated heterocycles. The lowest BCUT2D eigenvalue weighted by atomic mass is 10.1. The third-order valence-corrected chi connectivity index (χ3v) is 2.79. The summed E-state index contributed by atoms with van der Waals surface area (Å²) in [6.45, 7) is 1.88. The Labute approximate surface area is 111 Å². The maximum absolute atomic E-state index is 12.8. The fourth-order valence-corrected chi connectivity index (χ4v) is 1.70. The molecule has 0 aliphatic heterocycles. The zero-order valence-electron chi connectivity index (χ0n) is 10.7. The van der Waals surface area contributed by atoms with E-state index < -0.39 is 0 Å². The summed E-state index contributed by atoms with van der Waals surface area (Å²) in [6.07, 6.45) is 0. The second kappa shape index (κ2) is 5.52. The number of aryl methyl sites for hydroxylation is 1. The highest BCUT2D eigenvalue weighted by Gasteiger charge is 2.08. The molecule has 0 spiro atoms. The minimum absolute atomic E-state index is 0.270. The first-order valence-electron chi connectivity index (χ1n) is 5.81. The van der Waals surface area contributed by atoms with Gasteiger partial charge in [-0.15, -0.1) is 0 Å².